The molecule has 2 aromatic carbocycles. The van der Waals surface area contributed by atoms with Gasteiger partial charge in [0.2, 0.25) is 5.91 Å². The Labute approximate surface area is 150 Å². The van der Waals surface area contributed by atoms with E-state index in [9.17, 15) is 18.0 Å². The molecule has 3 rings (SSSR count). The molecule has 26 heavy (non-hydrogen) atoms. The summed E-state index contributed by atoms with van der Waals surface area (Å²) in [4.78, 5) is 14.5. The molecule has 1 unspecified atom stereocenters. The summed E-state index contributed by atoms with van der Waals surface area (Å²) in [6.45, 7) is 0.620. The van der Waals surface area contributed by atoms with Crippen LogP contribution in [0, 0.1) is 0 Å². The summed E-state index contributed by atoms with van der Waals surface area (Å²) in [7, 11) is 1.59. The molecule has 0 spiro atoms. The van der Waals surface area contributed by atoms with Crippen molar-refractivity contribution in [1.82, 2.24) is 4.90 Å². The number of likely N-dealkylation sites (tertiary alicyclic amines) is 1. The number of alkyl halides is 3. The molecule has 1 aliphatic rings. The number of methoxy groups -OCH3 is 1. The summed E-state index contributed by atoms with van der Waals surface area (Å²) in [6.07, 6.45) is -2.71. The molecule has 138 valence electrons. The van der Waals surface area contributed by atoms with Crippen LogP contribution in [-0.4, -0.2) is 24.5 Å². The molecule has 2 aromatic rings. The molecule has 1 saturated heterocycles. The molecular weight excluding hydrogens is 343 g/mol. The summed E-state index contributed by atoms with van der Waals surface area (Å²) in [5.74, 6) is 0.594. The van der Waals surface area contributed by atoms with Crippen LogP contribution >= 0.6 is 0 Å². The Morgan fingerprint density at radius 3 is 2.58 bits per heavy atom. The SMILES string of the molecule is COc1ccc(C2CCCN2C(=O)Cc2cccc(C(F)(F)F)c2)cc1. The Balaban J connectivity index is 1.74. The van der Waals surface area contributed by atoms with Crippen LogP contribution in [-0.2, 0) is 17.4 Å². The van der Waals surface area contributed by atoms with E-state index in [2.05, 4.69) is 0 Å². The Morgan fingerprint density at radius 1 is 1.19 bits per heavy atom. The van der Waals surface area contributed by atoms with Gasteiger partial charge in [-0.1, -0.05) is 30.3 Å². The van der Waals surface area contributed by atoms with E-state index < -0.39 is 11.7 Å². The van der Waals surface area contributed by atoms with E-state index in [-0.39, 0.29) is 18.4 Å². The van der Waals surface area contributed by atoms with E-state index in [1.807, 2.05) is 24.3 Å². The fraction of sp³-hybridized carbons (Fsp3) is 0.350. The third kappa shape index (κ3) is 4.00. The summed E-state index contributed by atoms with van der Waals surface area (Å²) in [5.41, 5.74) is 0.668. The van der Waals surface area contributed by atoms with Crippen LogP contribution < -0.4 is 4.74 Å². The highest BCUT2D eigenvalue weighted by molar-refractivity contribution is 5.79. The first kappa shape index (κ1) is 18.3. The Kier molecular flexibility index (Phi) is 5.20. The monoisotopic (exact) mass is 363 g/mol. The highest BCUT2D eigenvalue weighted by atomic mass is 19.4. The largest absolute Gasteiger partial charge is 0.497 e. The zero-order chi connectivity index (χ0) is 18.7. The van der Waals surface area contributed by atoms with Gasteiger partial charge in [-0.15, -0.1) is 0 Å². The minimum absolute atomic E-state index is 0.0312. The van der Waals surface area contributed by atoms with Gasteiger partial charge in [-0.2, -0.15) is 13.2 Å². The fourth-order valence-corrected chi connectivity index (χ4v) is 3.37. The van der Waals surface area contributed by atoms with Crippen molar-refractivity contribution in [2.75, 3.05) is 13.7 Å². The second-order valence-corrected chi connectivity index (χ2v) is 6.39. The van der Waals surface area contributed by atoms with Gasteiger partial charge in [-0.3, -0.25) is 4.79 Å². The number of rotatable bonds is 4. The fourth-order valence-electron chi connectivity index (χ4n) is 3.37. The molecular formula is C20H20F3NO2. The number of amides is 1. The number of ether oxygens (including phenoxy) is 1. The first-order valence-electron chi connectivity index (χ1n) is 8.48. The van der Waals surface area contributed by atoms with Gasteiger partial charge >= 0.3 is 6.18 Å². The number of halogens is 3. The van der Waals surface area contributed by atoms with Crippen molar-refractivity contribution in [2.45, 2.75) is 31.5 Å². The number of carbonyl (C=O) groups excluding carboxylic acids is 1. The molecule has 6 heteroatoms. The lowest BCUT2D eigenvalue weighted by atomic mass is 10.0. The Morgan fingerprint density at radius 2 is 1.92 bits per heavy atom. The molecule has 0 aromatic heterocycles. The molecule has 1 aliphatic heterocycles. The number of carbonyl (C=O) groups is 1. The molecule has 1 fully saturated rings. The zero-order valence-corrected chi connectivity index (χ0v) is 14.4. The molecule has 0 aliphatic carbocycles. The number of nitrogens with zero attached hydrogens (tertiary/aromatic N) is 1. The standard InChI is InChI=1S/C20H20F3NO2/c1-26-17-9-7-15(8-10-17)18-6-3-11-24(18)19(25)13-14-4-2-5-16(12-14)20(21,22)23/h2,4-5,7-10,12,18H,3,6,11,13H2,1H3. The van der Waals surface area contributed by atoms with Crippen molar-refractivity contribution >= 4 is 5.91 Å². The normalized spacial score (nSPS) is 17.4. The summed E-state index contributed by atoms with van der Waals surface area (Å²) in [6, 6.07) is 12.5. The van der Waals surface area contributed by atoms with Gasteiger partial charge < -0.3 is 9.64 Å². The van der Waals surface area contributed by atoms with E-state index in [4.69, 9.17) is 4.74 Å². The van der Waals surface area contributed by atoms with Crippen molar-refractivity contribution < 1.29 is 22.7 Å². The number of hydrogen-bond acceptors (Lipinski definition) is 2. The van der Waals surface area contributed by atoms with Crippen LogP contribution in [0.25, 0.3) is 0 Å². The van der Waals surface area contributed by atoms with Crippen molar-refractivity contribution in [1.29, 1.82) is 0 Å². The van der Waals surface area contributed by atoms with Gasteiger partial charge in [0.05, 0.1) is 25.1 Å². The molecule has 1 amide bonds. The second-order valence-electron chi connectivity index (χ2n) is 6.39. The molecule has 0 saturated carbocycles. The zero-order valence-electron chi connectivity index (χ0n) is 14.4. The third-order valence-electron chi connectivity index (χ3n) is 4.68. The van der Waals surface area contributed by atoms with Crippen LogP contribution in [0.4, 0.5) is 13.2 Å². The molecule has 3 nitrogen and oxygen atoms in total. The van der Waals surface area contributed by atoms with Crippen LogP contribution in [0.3, 0.4) is 0 Å². The van der Waals surface area contributed by atoms with Crippen LogP contribution in [0.5, 0.6) is 5.75 Å². The average molecular weight is 363 g/mol. The maximum Gasteiger partial charge on any atom is 0.416 e. The minimum atomic E-state index is -4.40. The Bertz CT molecular complexity index is 771. The maximum atomic E-state index is 12.8. The smallest absolute Gasteiger partial charge is 0.416 e. The van der Waals surface area contributed by atoms with E-state index in [1.165, 1.54) is 6.07 Å². The summed E-state index contributed by atoms with van der Waals surface area (Å²) < 4.78 is 43.7. The molecule has 0 radical (unpaired) electrons. The lowest BCUT2D eigenvalue weighted by molar-refractivity contribution is -0.138. The predicted octanol–water partition coefficient (Wildman–Crippen LogP) is 4.62. The average Bonchev–Trinajstić information content (AvgIpc) is 3.11. The van der Waals surface area contributed by atoms with E-state index >= 15 is 0 Å². The lowest BCUT2D eigenvalue weighted by Gasteiger charge is -2.25. The Hall–Kier alpha value is -2.50. The van der Waals surface area contributed by atoms with Crippen LogP contribution in [0.1, 0.15) is 35.6 Å². The topological polar surface area (TPSA) is 29.5 Å². The minimum Gasteiger partial charge on any atom is -0.497 e. The van der Waals surface area contributed by atoms with Crippen LogP contribution in [0.2, 0.25) is 0 Å². The van der Waals surface area contributed by atoms with Gasteiger partial charge in [0, 0.05) is 6.54 Å². The molecule has 1 atom stereocenters. The van der Waals surface area contributed by atoms with Gasteiger partial charge in [-0.25, -0.2) is 0 Å². The highest BCUT2D eigenvalue weighted by Gasteiger charge is 2.32. The van der Waals surface area contributed by atoms with Crippen LogP contribution in [0.15, 0.2) is 48.5 Å². The first-order chi connectivity index (χ1) is 12.4. The second kappa shape index (κ2) is 7.40. The molecule has 1 heterocycles. The van der Waals surface area contributed by atoms with E-state index in [1.54, 1.807) is 18.1 Å². The first-order valence-corrected chi connectivity index (χ1v) is 8.48. The van der Waals surface area contributed by atoms with Crippen molar-refractivity contribution in [3.63, 3.8) is 0 Å². The quantitative estimate of drug-likeness (QED) is 0.793. The van der Waals surface area contributed by atoms with Crippen molar-refractivity contribution in [3.05, 3.63) is 65.2 Å². The maximum absolute atomic E-state index is 12.8. The molecule has 0 N–H and O–H groups in total. The third-order valence-corrected chi connectivity index (χ3v) is 4.68. The number of benzene rings is 2. The predicted molar refractivity (Wildman–Crippen MR) is 91.8 cm³/mol. The van der Waals surface area contributed by atoms with Crippen molar-refractivity contribution in [2.24, 2.45) is 0 Å². The van der Waals surface area contributed by atoms with Gasteiger partial charge in [0.1, 0.15) is 5.75 Å². The summed E-state index contributed by atoms with van der Waals surface area (Å²) >= 11 is 0. The van der Waals surface area contributed by atoms with E-state index in [0.29, 0.717) is 12.1 Å². The van der Waals surface area contributed by atoms with Gasteiger partial charge in [-0.05, 0) is 42.2 Å². The lowest BCUT2D eigenvalue weighted by Crippen LogP contribution is -2.31. The van der Waals surface area contributed by atoms with Gasteiger partial charge in [0.25, 0.3) is 0 Å². The molecule has 0 bridgehead atoms. The summed E-state index contributed by atoms with van der Waals surface area (Å²) in [5, 5.41) is 0. The highest BCUT2D eigenvalue weighted by Crippen LogP contribution is 2.34. The number of hydrogen-bond donors (Lipinski definition) is 0. The van der Waals surface area contributed by atoms with Crippen molar-refractivity contribution in [3.8, 4) is 5.75 Å². The van der Waals surface area contributed by atoms with E-state index in [0.717, 1.165) is 36.3 Å². The van der Waals surface area contributed by atoms with Gasteiger partial charge in [0.15, 0.2) is 0 Å².